The van der Waals surface area contributed by atoms with Crippen LogP contribution in [0.1, 0.15) is 36.5 Å². The summed E-state index contributed by atoms with van der Waals surface area (Å²) >= 11 is 0. The number of aliphatic imine (C=N–C) groups is 1. The van der Waals surface area contributed by atoms with E-state index in [-0.39, 0.29) is 30.3 Å². The van der Waals surface area contributed by atoms with E-state index in [0.29, 0.717) is 53.2 Å². The number of alkyl halides is 2. The van der Waals surface area contributed by atoms with Crippen LogP contribution in [-0.4, -0.2) is 57.1 Å². The van der Waals surface area contributed by atoms with Crippen LogP contribution < -0.4 is 22.5 Å². The molecule has 0 saturated carbocycles. The molecule has 2 aromatic heterocycles. The summed E-state index contributed by atoms with van der Waals surface area (Å²) in [6.07, 6.45) is 1.86. The van der Waals surface area contributed by atoms with E-state index in [2.05, 4.69) is 20.3 Å². The Morgan fingerprint density at radius 3 is 2.62 bits per heavy atom. The lowest BCUT2D eigenvalue weighted by Crippen LogP contribution is -2.32. The van der Waals surface area contributed by atoms with Crippen molar-refractivity contribution in [3.8, 4) is 16.9 Å². The lowest BCUT2D eigenvalue weighted by Gasteiger charge is -2.15. The molecule has 42 heavy (non-hydrogen) atoms. The molecule has 2 aromatic carbocycles. The second-order valence-electron chi connectivity index (χ2n) is 10.5. The molecule has 0 aliphatic heterocycles. The number of H-pyrrole nitrogens is 1. The van der Waals surface area contributed by atoms with Crippen LogP contribution in [0.5, 0.6) is 0 Å². The Hall–Kier alpha value is -4.00. The number of nitrogens with one attached hydrogen (secondary N) is 2. The van der Waals surface area contributed by atoms with E-state index in [4.69, 9.17) is 11.5 Å². The Morgan fingerprint density at radius 1 is 1.21 bits per heavy atom. The van der Waals surface area contributed by atoms with Gasteiger partial charge in [0.15, 0.2) is 0 Å². The Labute approximate surface area is 241 Å². The third kappa shape index (κ3) is 7.64. The Balaban J connectivity index is 1.53. The number of fused-ring (bicyclic) bond motifs is 1. The number of benzene rings is 2. The molecule has 224 valence electrons. The van der Waals surface area contributed by atoms with Gasteiger partial charge in [0.05, 0.1) is 30.4 Å². The maximum Gasteiger partial charge on any atom is 0.354 e. The molecular formula is C30H36F3N7O2. The first-order chi connectivity index (χ1) is 20.0. The fourth-order valence-corrected chi connectivity index (χ4v) is 4.63. The van der Waals surface area contributed by atoms with E-state index in [1.54, 1.807) is 44.3 Å². The molecule has 0 saturated heterocycles. The second-order valence-corrected chi connectivity index (χ2v) is 10.5. The van der Waals surface area contributed by atoms with Crippen molar-refractivity contribution < 1.29 is 18.3 Å². The van der Waals surface area contributed by atoms with Gasteiger partial charge in [0.1, 0.15) is 11.5 Å². The quantitative estimate of drug-likeness (QED) is 0.120. The van der Waals surface area contributed by atoms with Gasteiger partial charge in [-0.1, -0.05) is 18.2 Å². The summed E-state index contributed by atoms with van der Waals surface area (Å²) in [6.45, 7) is 3.54. The molecule has 4 rings (SSSR count). The summed E-state index contributed by atoms with van der Waals surface area (Å²) in [6, 6.07) is 12.0. The summed E-state index contributed by atoms with van der Waals surface area (Å²) in [4.78, 5) is 24.2. The highest BCUT2D eigenvalue weighted by Gasteiger charge is 2.26. The van der Waals surface area contributed by atoms with Crippen LogP contribution >= 0.6 is 0 Å². The van der Waals surface area contributed by atoms with Crippen LogP contribution in [-0.2, 0) is 13.0 Å². The van der Waals surface area contributed by atoms with Gasteiger partial charge in [-0.3, -0.25) is 9.56 Å². The van der Waals surface area contributed by atoms with Crippen LogP contribution in [0.15, 0.2) is 58.4 Å². The fraction of sp³-hybridized carbons (Fsp3) is 0.367. The molecule has 0 aliphatic carbocycles. The van der Waals surface area contributed by atoms with Crippen molar-refractivity contribution in [2.24, 2.45) is 16.5 Å². The van der Waals surface area contributed by atoms with Crippen LogP contribution in [0.4, 0.5) is 13.2 Å². The third-order valence-electron chi connectivity index (χ3n) is 7.06. The molecule has 0 fully saturated rings. The Morgan fingerprint density at radius 2 is 1.95 bits per heavy atom. The molecule has 12 heteroatoms. The number of hydrogen-bond donors (Lipinski definition) is 5. The molecule has 0 amide bonds. The molecule has 0 radical (unpaired) electrons. The Kier molecular flexibility index (Phi) is 9.81. The molecule has 7 N–H and O–H groups in total. The standard InChI is InChI=1S/C30H36F3N7O2/c1-18-11-21(7-9-30(32,33)17-34)12-25(27(18)31)26-13-22-15-40(29(42)39-28(22)38-26)24-5-3-20(4-6-24)14-37-23(16-41)8-10-36-19(2)35/h3-6,11-13,15,23,37,41H,7-10,14,16-17,34H2,1-2H3,(H2,35,36)(H,38,39,42)/t23-/m1/s1. The number of halogens is 3. The van der Waals surface area contributed by atoms with Crippen molar-refractivity contribution >= 4 is 16.9 Å². The molecule has 4 aromatic rings. The monoisotopic (exact) mass is 583 g/mol. The number of nitrogens with two attached hydrogens (primary N) is 2. The van der Waals surface area contributed by atoms with Crippen molar-refractivity contribution in [3.63, 3.8) is 0 Å². The number of rotatable bonds is 13. The average Bonchev–Trinajstić information content (AvgIpc) is 3.37. The van der Waals surface area contributed by atoms with E-state index in [1.807, 2.05) is 12.1 Å². The molecule has 9 nitrogen and oxygen atoms in total. The normalized spacial score (nSPS) is 13.2. The molecule has 0 unspecified atom stereocenters. The smallest absolute Gasteiger partial charge is 0.354 e. The minimum absolute atomic E-state index is 0.0328. The van der Waals surface area contributed by atoms with Gasteiger partial charge >= 0.3 is 5.69 Å². The fourth-order valence-electron chi connectivity index (χ4n) is 4.63. The van der Waals surface area contributed by atoms with Gasteiger partial charge in [0.25, 0.3) is 5.92 Å². The van der Waals surface area contributed by atoms with E-state index < -0.39 is 30.4 Å². The summed E-state index contributed by atoms with van der Waals surface area (Å²) in [5.74, 6) is -2.98. The van der Waals surface area contributed by atoms with Gasteiger partial charge in [-0.15, -0.1) is 0 Å². The number of aryl methyl sites for hydroxylation is 2. The zero-order valence-corrected chi connectivity index (χ0v) is 23.6. The Bertz CT molecular complexity index is 1610. The lowest BCUT2D eigenvalue weighted by atomic mass is 9.99. The molecule has 1 atom stereocenters. The third-order valence-corrected chi connectivity index (χ3v) is 7.06. The molecule has 0 spiro atoms. The van der Waals surface area contributed by atoms with Gasteiger partial charge in [-0.05, 0) is 67.6 Å². The molecular weight excluding hydrogens is 547 g/mol. The zero-order valence-electron chi connectivity index (χ0n) is 23.6. The number of hydrogen-bond acceptors (Lipinski definition) is 6. The number of aliphatic hydroxyl groups is 1. The van der Waals surface area contributed by atoms with E-state index in [0.717, 1.165) is 5.56 Å². The maximum absolute atomic E-state index is 15.1. The average molecular weight is 584 g/mol. The highest BCUT2D eigenvalue weighted by atomic mass is 19.3. The van der Waals surface area contributed by atoms with Crippen molar-refractivity contribution in [2.45, 2.75) is 51.6 Å². The first-order valence-corrected chi connectivity index (χ1v) is 13.7. The number of aliphatic hydroxyl groups excluding tert-OH is 1. The SMILES string of the molecule is CC(N)=NCC[C@H](CO)NCc1ccc(-n2cc3cc(-c4cc(CCC(F)(F)CN)cc(C)c4F)[nH]c3nc2=O)cc1. The molecule has 0 bridgehead atoms. The van der Waals surface area contributed by atoms with Gasteiger partial charge in [-0.25, -0.2) is 18.0 Å². The van der Waals surface area contributed by atoms with Crippen LogP contribution in [0.2, 0.25) is 0 Å². The predicted octanol–water partition coefficient (Wildman–Crippen LogP) is 3.57. The highest BCUT2D eigenvalue weighted by Crippen LogP contribution is 2.30. The first kappa shape index (κ1) is 30.9. The summed E-state index contributed by atoms with van der Waals surface area (Å²) < 4.78 is 43.9. The summed E-state index contributed by atoms with van der Waals surface area (Å²) in [7, 11) is 0. The van der Waals surface area contributed by atoms with Gasteiger partial charge < -0.3 is 26.9 Å². The lowest BCUT2D eigenvalue weighted by molar-refractivity contribution is 0.00246. The predicted molar refractivity (Wildman–Crippen MR) is 159 cm³/mol. The summed E-state index contributed by atoms with van der Waals surface area (Å²) in [5, 5.41) is 13.5. The van der Waals surface area contributed by atoms with E-state index in [9.17, 15) is 18.7 Å². The van der Waals surface area contributed by atoms with E-state index in [1.165, 1.54) is 10.6 Å². The number of aromatic nitrogens is 3. The second kappa shape index (κ2) is 13.3. The van der Waals surface area contributed by atoms with Crippen LogP contribution in [0.25, 0.3) is 28.0 Å². The molecule has 0 aliphatic rings. The van der Waals surface area contributed by atoms with Crippen LogP contribution in [0.3, 0.4) is 0 Å². The minimum Gasteiger partial charge on any atom is -0.395 e. The van der Waals surface area contributed by atoms with Crippen LogP contribution in [0, 0.1) is 12.7 Å². The first-order valence-electron chi connectivity index (χ1n) is 13.7. The van der Waals surface area contributed by atoms with Crippen molar-refractivity contribution in [1.82, 2.24) is 19.9 Å². The van der Waals surface area contributed by atoms with E-state index >= 15 is 4.39 Å². The number of amidine groups is 1. The zero-order chi connectivity index (χ0) is 30.4. The topological polar surface area (TPSA) is 147 Å². The molecule has 2 heterocycles. The van der Waals surface area contributed by atoms with Gasteiger partial charge in [-0.2, -0.15) is 4.98 Å². The largest absolute Gasteiger partial charge is 0.395 e. The van der Waals surface area contributed by atoms with Crippen molar-refractivity contribution in [1.29, 1.82) is 0 Å². The highest BCUT2D eigenvalue weighted by molar-refractivity contribution is 5.83. The number of nitrogens with zero attached hydrogens (tertiary/aromatic N) is 3. The number of aromatic amines is 1. The maximum atomic E-state index is 15.1. The minimum atomic E-state index is -3.00. The van der Waals surface area contributed by atoms with Gasteiger partial charge in [0.2, 0.25) is 0 Å². The van der Waals surface area contributed by atoms with Crippen molar-refractivity contribution in [2.75, 3.05) is 19.7 Å². The van der Waals surface area contributed by atoms with Gasteiger partial charge in [0, 0.05) is 42.7 Å². The summed E-state index contributed by atoms with van der Waals surface area (Å²) in [5.41, 5.74) is 13.5. The van der Waals surface area contributed by atoms with Crippen molar-refractivity contribution in [3.05, 3.63) is 81.7 Å².